The Labute approximate surface area is 128 Å². The molecule has 3 unspecified atom stereocenters. The molecular formula is C19H27NO. The molecule has 1 aromatic carbocycles. The van der Waals surface area contributed by atoms with Crippen LogP contribution in [0.15, 0.2) is 24.3 Å². The second kappa shape index (κ2) is 6.10. The normalized spacial score (nSPS) is 35.2. The van der Waals surface area contributed by atoms with Gasteiger partial charge in [-0.2, -0.15) is 0 Å². The molecule has 114 valence electrons. The Hall–Kier alpha value is -0.860. The summed E-state index contributed by atoms with van der Waals surface area (Å²) in [6, 6.07) is 9.81. The molecule has 2 bridgehead atoms. The van der Waals surface area contributed by atoms with E-state index < -0.39 is 0 Å². The van der Waals surface area contributed by atoms with E-state index in [4.69, 9.17) is 4.74 Å². The van der Waals surface area contributed by atoms with Crippen molar-refractivity contribution in [3.8, 4) is 0 Å². The summed E-state index contributed by atoms with van der Waals surface area (Å²) in [5, 5.41) is 3.90. The fraction of sp³-hybridized carbons (Fsp3) is 0.684. The van der Waals surface area contributed by atoms with Crippen LogP contribution >= 0.6 is 0 Å². The van der Waals surface area contributed by atoms with Gasteiger partial charge in [0.25, 0.3) is 0 Å². The van der Waals surface area contributed by atoms with Crippen molar-refractivity contribution in [3.05, 3.63) is 35.4 Å². The highest BCUT2D eigenvalue weighted by molar-refractivity contribution is 5.30. The summed E-state index contributed by atoms with van der Waals surface area (Å²) in [6.45, 7) is 2.03. The Morgan fingerprint density at radius 1 is 0.952 bits per heavy atom. The SMILES string of the molecule is c1ccc2c(c1)CC1CCC(C2)C1NCC1CCCCO1. The molecule has 0 radical (unpaired) electrons. The van der Waals surface area contributed by atoms with Gasteiger partial charge in [-0.1, -0.05) is 24.3 Å². The van der Waals surface area contributed by atoms with Gasteiger partial charge < -0.3 is 10.1 Å². The zero-order chi connectivity index (χ0) is 14.1. The maximum absolute atomic E-state index is 5.89. The van der Waals surface area contributed by atoms with Crippen LogP contribution in [0.25, 0.3) is 0 Å². The highest BCUT2D eigenvalue weighted by Gasteiger charge is 2.38. The van der Waals surface area contributed by atoms with E-state index >= 15 is 0 Å². The van der Waals surface area contributed by atoms with Gasteiger partial charge in [-0.05, 0) is 67.9 Å². The number of ether oxygens (including phenoxy) is 1. The van der Waals surface area contributed by atoms with E-state index in [9.17, 15) is 0 Å². The molecule has 2 heteroatoms. The Kier molecular flexibility index (Phi) is 4.00. The van der Waals surface area contributed by atoms with Crippen molar-refractivity contribution in [1.82, 2.24) is 5.32 Å². The van der Waals surface area contributed by atoms with Gasteiger partial charge >= 0.3 is 0 Å². The molecule has 3 atom stereocenters. The maximum Gasteiger partial charge on any atom is 0.0699 e. The first kappa shape index (κ1) is 13.8. The van der Waals surface area contributed by atoms with E-state index in [1.54, 1.807) is 11.1 Å². The molecule has 2 nitrogen and oxygen atoms in total. The molecule has 0 spiro atoms. The molecule has 1 N–H and O–H groups in total. The average molecular weight is 285 g/mol. The van der Waals surface area contributed by atoms with Crippen LogP contribution in [-0.4, -0.2) is 25.3 Å². The van der Waals surface area contributed by atoms with Gasteiger partial charge in [0.2, 0.25) is 0 Å². The lowest BCUT2D eigenvalue weighted by atomic mass is 9.94. The Morgan fingerprint density at radius 2 is 1.67 bits per heavy atom. The van der Waals surface area contributed by atoms with Crippen LogP contribution in [-0.2, 0) is 17.6 Å². The predicted molar refractivity (Wildman–Crippen MR) is 85.4 cm³/mol. The van der Waals surface area contributed by atoms with Crippen molar-refractivity contribution < 1.29 is 4.74 Å². The van der Waals surface area contributed by atoms with Gasteiger partial charge in [-0.25, -0.2) is 0 Å². The molecule has 1 aromatic rings. The van der Waals surface area contributed by atoms with Crippen LogP contribution in [0.4, 0.5) is 0 Å². The number of hydrogen-bond donors (Lipinski definition) is 1. The average Bonchev–Trinajstić information content (AvgIpc) is 2.80. The second-order valence-electron chi connectivity index (χ2n) is 7.20. The molecule has 2 fully saturated rings. The van der Waals surface area contributed by atoms with Gasteiger partial charge in [0, 0.05) is 19.2 Å². The Morgan fingerprint density at radius 3 is 2.29 bits per heavy atom. The monoisotopic (exact) mass is 285 g/mol. The lowest BCUT2D eigenvalue weighted by Gasteiger charge is -2.28. The first-order valence-corrected chi connectivity index (χ1v) is 8.82. The Balaban J connectivity index is 1.42. The molecule has 0 aromatic heterocycles. The summed E-state index contributed by atoms with van der Waals surface area (Å²) in [5.74, 6) is 1.67. The van der Waals surface area contributed by atoms with Crippen LogP contribution in [0.3, 0.4) is 0 Å². The molecular weight excluding hydrogens is 258 g/mol. The van der Waals surface area contributed by atoms with E-state index in [0.29, 0.717) is 12.1 Å². The molecule has 0 amide bonds. The number of nitrogens with one attached hydrogen (secondary N) is 1. The third-order valence-corrected chi connectivity index (χ3v) is 5.86. The van der Waals surface area contributed by atoms with E-state index in [-0.39, 0.29) is 0 Å². The van der Waals surface area contributed by atoms with E-state index in [2.05, 4.69) is 29.6 Å². The largest absolute Gasteiger partial charge is 0.377 e. The minimum absolute atomic E-state index is 0.462. The molecule has 2 aliphatic carbocycles. The lowest BCUT2D eigenvalue weighted by Crippen LogP contribution is -2.43. The first-order chi connectivity index (χ1) is 10.4. The molecule has 3 aliphatic rings. The standard InChI is InChI=1S/C19H27NO/c1-2-6-15-12-17-9-8-16(11-14(15)5-1)19(17)20-13-18-7-3-4-10-21-18/h1-2,5-6,16-20H,3-4,7-13H2. The van der Waals surface area contributed by atoms with Gasteiger partial charge in [-0.15, -0.1) is 0 Å². The van der Waals surface area contributed by atoms with E-state index in [0.717, 1.165) is 25.0 Å². The quantitative estimate of drug-likeness (QED) is 0.919. The number of benzene rings is 1. The van der Waals surface area contributed by atoms with Crippen LogP contribution in [0.5, 0.6) is 0 Å². The maximum atomic E-state index is 5.89. The first-order valence-electron chi connectivity index (χ1n) is 8.82. The number of rotatable bonds is 3. The molecule has 4 rings (SSSR count). The van der Waals surface area contributed by atoms with Crippen molar-refractivity contribution >= 4 is 0 Å². The van der Waals surface area contributed by atoms with Gasteiger partial charge in [0.15, 0.2) is 0 Å². The van der Waals surface area contributed by atoms with Crippen LogP contribution in [0, 0.1) is 11.8 Å². The summed E-state index contributed by atoms with van der Waals surface area (Å²) < 4.78 is 5.89. The van der Waals surface area contributed by atoms with E-state index in [1.165, 1.54) is 44.9 Å². The Bertz CT molecular complexity index is 447. The summed E-state index contributed by atoms with van der Waals surface area (Å²) in [4.78, 5) is 0. The van der Waals surface area contributed by atoms with Crippen LogP contribution in [0.1, 0.15) is 43.2 Å². The van der Waals surface area contributed by atoms with Gasteiger partial charge in [0.1, 0.15) is 0 Å². The van der Waals surface area contributed by atoms with E-state index in [1.807, 2.05) is 0 Å². The molecule has 21 heavy (non-hydrogen) atoms. The van der Waals surface area contributed by atoms with Crippen molar-refractivity contribution in [2.75, 3.05) is 13.2 Å². The molecule has 1 saturated heterocycles. The van der Waals surface area contributed by atoms with Crippen molar-refractivity contribution in [1.29, 1.82) is 0 Å². The topological polar surface area (TPSA) is 21.3 Å². The van der Waals surface area contributed by atoms with Crippen molar-refractivity contribution in [3.63, 3.8) is 0 Å². The number of hydrogen-bond acceptors (Lipinski definition) is 2. The number of fused-ring (bicyclic) bond motifs is 3. The smallest absolute Gasteiger partial charge is 0.0699 e. The minimum Gasteiger partial charge on any atom is -0.377 e. The molecule has 1 aliphatic heterocycles. The molecule has 1 saturated carbocycles. The summed E-state index contributed by atoms with van der Waals surface area (Å²) in [7, 11) is 0. The summed E-state index contributed by atoms with van der Waals surface area (Å²) >= 11 is 0. The van der Waals surface area contributed by atoms with Crippen molar-refractivity contribution in [2.24, 2.45) is 11.8 Å². The third-order valence-electron chi connectivity index (χ3n) is 5.86. The zero-order valence-electron chi connectivity index (χ0n) is 12.9. The second-order valence-corrected chi connectivity index (χ2v) is 7.20. The summed E-state index contributed by atoms with van der Waals surface area (Å²) in [5.41, 5.74) is 3.20. The molecule has 1 heterocycles. The van der Waals surface area contributed by atoms with Crippen LogP contribution in [0.2, 0.25) is 0 Å². The highest BCUT2D eigenvalue weighted by atomic mass is 16.5. The predicted octanol–water partition coefficient (Wildman–Crippen LogP) is 3.34. The van der Waals surface area contributed by atoms with Gasteiger partial charge in [-0.3, -0.25) is 0 Å². The highest BCUT2D eigenvalue weighted by Crippen LogP contribution is 2.40. The minimum atomic E-state index is 0.462. The van der Waals surface area contributed by atoms with Gasteiger partial charge in [0.05, 0.1) is 6.10 Å². The summed E-state index contributed by atoms with van der Waals surface area (Å²) in [6.07, 6.45) is 9.66. The van der Waals surface area contributed by atoms with Crippen LogP contribution < -0.4 is 5.32 Å². The van der Waals surface area contributed by atoms with Crippen molar-refractivity contribution in [2.45, 2.75) is 57.1 Å². The zero-order valence-corrected chi connectivity index (χ0v) is 12.9. The fourth-order valence-corrected chi connectivity index (χ4v) is 4.72. The lowest BCUT2D eigenvalue weighted by molar-refractivity contribution is 0.0138. The third kappa shape index (κ3) is 2.89. The fourth-order valence-electron chi connectivity index (χ4n) is 4.72.